The molecule has 1 saturated heterocycles. The van der Waals surface area contributed by atoms with Crippen LogP contribution in [0.2, 0.25) is 0 Å². The van der Waals surface area contributed by atoms with Gasteiger partial charge in [-0.3, -0.25) is 9.69 Å². The largest absolute Gasteiger partial charge is 0.366 e. The number of halogens is 4. The quantitative estimate of drug-likeness (QED) is 0.620. The summed E-state index contributed by atoms with van der Waals surface area (Å²) >= 11 is 0. The Morgan fingerprint density at radius 1 is 1.29 bits per heavy atom. The molecule has 1 fully saturated rings. The lowest BCUT2D eigenvalue weighted by molar-refractivity contribution is -0.172. The number of hydrogen-bond donors (Lipinski definition) is 1. The summed E-state index contributed by atoms with van der Waals surface area (Å²) in [6, 6.07) is 0. The Morgan fingerprint density at radius 3 is 2.06 bits per heavy atom. The van der Waals surface area contributed by atoms with Gasteiger partial charge in [-0.2, -0.15) is 17.6 Å². The summed E-state index contributed by atoms with van der Waals surface area (Å²) in [5, 5.41) is 0. The van der Waals surface area contributed by atoms with E-state index in [-0.39, 0.29) is 7.97 Å². The second-order valence-electron chi connectivity index (χ2n) is 3.38. The first-order valence-corrected chi connectivity index (χ1v) is 5.18. The summed E-state index contributed by atoms with van der Waals surface area (Å²) in [6.45, 7) is 1.83. The molecule has 0 radical (unpaired) electrons. The van der Waals surface area contributed by atoms with E-state index in [4.69, 9.17) is 5.73 Å². The molecule has 1 aliphatic rings. The molecule has 0 atom stereocenters. The Kier molecular flexibility index (Phi) is 5.60. The van der Waals surface area contributed by atoms with Gasteiger partial charge in [0.05, 0.1) is 13.1 Å². The van der Waals surface area contributed by atoms with Crippen molar-refractivity contribution in [3.8, 4) is 0 Å². The normalized spacial score (nSPS) is 22.2. The highest BCUT2D eigenvalue weighted by Gasteiger charge is 2.62. The lowest BCUT2D eigenvalue weighted by Crippen LogP contribution is -2.38. The molecule has 3 nitrogen and oxygen atoms in total. The van der Waals surface area contributed by atoms with Gasteiger partial charge in [0.2, 0.25) is 5.91 Å². The molecular formula is C10H18F4N2O. The molecule has 1 aliphatic heterocycles. The van der Waals surface area contributed by atoms with Crippen LogP contribution in [0.1, 0.15) is 15.3 Å². The summed E-state index contributed by atoms with van der Waals surface area (Å²) in [6.07, 6.45) is 2.13. The van der Waals surface area contributed by atoms with Crippen LogP contribution < -0.4 is 5.73 Å². The third-order valence-corrected chi connectivity index (χ3v) is 2.03. The van der Waals surface area contributed by atoms with Crippen molar-refractivity contribution in [2.24, 2.45) is 5.73 Å². The lowest BCUT2D eigenvalue weighted by Gasteiger charge is -2.15. The fourth-order valence-corrected chi connectivity index (χ4v) is 1.30. The second-order valence-corrected chi connectivity index (χ2v) is 3.38. The number of hydrogen-bond acceptors (Lipinski definition) is 2. The van der Waals surface area contributed by atoms with Crippen LogP contribution in [0.25, 0.3) is 0 Å². The molecule has 1 amide bonds. The molecule has 102 valence electrons. The summed E-state index contributed by atoms with van der Waals surface area (Å²) in [5.74, 6) is -8.76. The van der Waals surface area contributed by atoms with Crippen molar-refractivity contribution < 1.29 is 23.8 Å². The summed E-state index contributed by atoms with van der Waals surface area (Å²) in [7, 11) is 0. The number of primary amides is 1. The van der Waals surface area contributed by atoms with Crippen LogP contribution in [0.3, 0.4) is 0 Å². The van der Waals surface area contributed by atoms with Crippen molar-refractivity contribution in [3.63, 3.8) is 0 Å². The van der Waals surface area contributed by atoms with Gasteiger partial charge >= 0.3 is 11.8 Å². The Morgan fingerprint density at radius 2 is 1.71 bits per heavy atom. The number of amides is 1. The molecule has 0 aliphatic carbocycles. The zero-order valence-corrected chi connectivity index (χ0v) is 9.72. The first-order valence-electron chi connectivity index (χ1n) is 5.18. The van der Waals surface area contributed by atoms with E-state index in [1.807, 2.05) is 13.8 Å². The minimum atomic E-state index is -4.01. The van der Waals surface area contributed by atoms with Gasteiger partial charge in [0, 0.05) is 7.97 Å². The van der Waals surface area contributed by atoms with Crippen LogP contribution in [0.15, 0.2) is 12.2 Å². The van der Waals surface area contributed by atoms with Gasteiger partial charge in [0.1, 0.15) is 0 Å². The van der Waals surface area contributed by atoms with E-state index in [0.717, 1.165) is 11.0 Å². The fourth-order valence-electron chi connectivity index (χ4n) is 1.30. The molecule has 0 spiro atoms. The van der Waals surface area contributed by atoms with Crippen molar-refractivity contribution in [1.82, 2.24) is 4.90 Å². The molecule has 7 heteroatoms. The van der Waals surface area contributed by atoms with Crippen molar-refractivity contribution in [2.75, 3.05) is 19.6 Å². The standard InChI is InChI=1S/C8H10F4N2O.C2H6.H2/c9-7(10)4-14(5-8(7,11)12)3-1-2-6(13)15;1-2;/h1-2H,3-5H2,(H2,13,15);1-2H3;1H/b2-1+;;. The van der Waals surface area contributed by atoms with Crippen molar-refractivity contribution >= 4 is 5.91 Å². The van der Waals surface area contributed by atoms with E-state index < -0.39 is 30.8 Å². The SMILES string of the molecule is CC.NC(=O)/C=C/CN1CC(F)(F)C(F)(F)C1.[HH]. The maximum absolute atomic E-state index is 12.7. The van der Waals surface area contributed by atoms with Crippen molar-refractivity contribution in [1.29, 1.82) is 0 Å². The van der Waals surface area contributed by atoms with Gasteiger partial charge in [-0.1, -0.05) is 19.9 Å². The van der Waals surface area contributed by atoms with E-state index >= 15 is 0 Å². The van der Waals surface area contributed by atoms with E-state index in [2.05, 4.69) is 0 Å². The number of nitrogens with zero attached hydrogens (tertiary/aromatic N) is 1. The number of nitrogens with two attached hydrogens (primary N) is 1. The predicted molar refractivity (Wildman–Crippen MR) is 58.1 cm³/mol. The van der Waals surface area contributed by atoms with Crippen LogP contribution >= 0.6 is 0 Å². The topological polar surface area (TPSA) is 46.3 Å². The van der Waals surface area contributed by atoms with E-state index in [1.54, 1.807) is 0 Å². The second kappa shape index (κ2) is 6.00. The number of carbonyl (C=O) groups is 1. The highest BCUT2D eigenvalue weighted by atomic mass is 19.3. The Bertz CT molecular complexity index is 282. The molecule has 0 aromatic heterocycles. The minimum absolute atomic E-state index is 0. The minimum Gasteiger partial charge on any atom is -0.366 e. The molecule has 1 heterocycles. The van der Waals surface area contributed by atoms with E-state index in [9.17, 15) is 22.4 Å². The Balaban J connectivity index is 0. The van der Waals surface area contributed by atoms with Crippen molar-refractivity contribution in [3.05, 3.63) is 12.2 Å². The number of rotatable bonds is 3. The third-order valence-electron chi connectivity index (χ3n) is 2.03. The third kappa shape index (κ3) is 4.33. The highest BCUT2D eigenvalue weighted by molar-refractivity contribution is 5.85. The zero-order valence-electron chi connectivity index (χ0n) is 9.72. The maximum atomic E-state index is 12.7. The molecule has 0 aromatic carbocycles. The molecule has 0 aromatic rings. The Labute approximate surface area is 98.7 Å². The van der Waals surface area contributed by atoms with Crippen LogP contribution in [-0.2, 0) is 4.79 Å². The summed E-state index contributed by atoms with van der Waals surface area (Å²) in [4.78, 5) is 11.1. The Hall–Kier alpha value is -1.11. The molecule has 0 unspecified atom stereocenters. The van der Waals surface area contributed by atoms with Crippen LogP contribution in [0.4, 0.5) is 17.6 Å². The molecule has 0 bridgehead atoms. The fraction of sp³-hybridized carbons (Fsp3) is 0.700. The van der Waals surface area contributed by atoms with Gasteiger partial charge < -0.3 is 5.73 Å². The first kappa shape index (κ1) is 15.9. The van der Waals surface area contributed by atoms with Gasteiger partial charge in [-0.05, 0) is 6.08 Å². The first-order chi connectivity index (χ1) is 7.74. The summed E-state index contributed by atoms with van der Waals surface area (Å²) in [5.41, 5.74) is 4.74. The summed E-state index contributed by atoms with van der Waals surface area (Å²) < 4.78 is 50.6. The van der Waals surface area contributed by atoms with Crippen LogP contribution in [0, 0.1) is 0 Å². The average Bonchev–Trinajstić information content (AvgIpc) is 2.38. The van der Waals surface area contributed by atoms with Crippen molar-refractivity contribution in [2.45, 2.75) is 25.7 Å². The van der Waals surface area contributed by atoms with Gasteiger partial charge in [0.25, 0.3) is 0 Å². The lowest BCUT2D eigenvalue weighted by atomic mass is 10.2. The van der Waals surface area contributed by atoms with Gasteiger partial charge in [-0.15, -0.1) is 0 Å². The molecule has 1 rings (SSSR count). The molecular weight excluding hydrogens is 240 g/mol. The molecule has 2 N–H and O–H groups in total. The molecule has 0 saturated carbocycles. The average molecular weight is 258 g/mol. The van der Waals surface area contributed by atoms with Gasteiger partial charge in [-0.25, -0.2) is 0 Å². The van der Waals surface area contributed by atoms with E-state index in [1.165, 1.54) is 6.08 Å². The van der Waals surface area contributed by atoms with Crippen LogP contribution in [0.5, 0.6) is 0 Å². The number of alkyl halides is 4. The maximum Gasteiger partial charge on any atom is 0.323 e. The zero-order chi connectivity index (χ0) is 13.7. The molecule has 17 heavy (non-hydrogen) atoms. The monoisotopic (exact) mass is 258 g/mol. The number of likely N-dealkylation sites (tertiary alicyclic amines) is 1. The van der Waals surface area contributed by atoms with Crippen LogP contribution in [-0.4, -0.2) is 42.3 Å². The number of carbonyl (C=O) groups excluding carboxylic acids is 1. The van der Waals surface area contributed by atoms with E-state index in [0.29, 0.717) is 0 Å². The predicted octanol–water partition coefficient (Wildman–Crippen LogP) is 1.89. The smallest absolute Gasteiger partial charge is 0.323 e. The van der Waals surface area contributed by atoms with Gasteiger partial charge in [0.15, 0.2) is 0 Å². The highest BCUT2D eigenvalue weighted by Crippen LogP contribution is 2.40.